The number of benzene rings is 1. The molecule has 0 bridgehead atoms. The van der Waals surface area contributed by atoms with Gasteiger partial charge in [-0.15, -0.1) is 0 Å². The van der Waals surface area contributed by atoms with Crippen LogP contribution < -0.4 is 5.32 Å². The van der Waals surface area contributed by atoms with Crippen molar-refractivity contribution in [3.8, 4) is 0 Å². The zero-order valence-corrected chi connectivity index (χ0v) is 14.1. The van der Waals surface area contributed by atoms with Crippen LogP contribution in [0.3, 0.4) is 0 Å². The Kier molecular flexibility index (Phi) is 6.12. The standard InChI is InChI=1S/C16H23FN2O3S/c1-2-3-11-23(21,22)19-10-4-5-13(12-19)16(20)18-15-8-6-14(17)7-9-15/h6-9,13H,2-5,10-12H2,1H3,(H,18,20)/t13-/m1/s1. The smallest absolute Gasteiger partial charge is 0.228 e. The topological polar surface area (TPSA) is 66.5 Å². The molecule has 0 radical (unpaired) electrons. The summed E-state index contributed by atoms with van der Waals surface area (Å²) < 4.78 is 38.8. The van der Waals surface area contributed by atoms with Gasteiger partial charge in [0.2, 0.25) is 15.9 Å². The van der Waals surface area contributed by atoms with Crippen molar-refractivity contribution in [2.45, 2.75) is 32.6 Å². The fourth-order valence-electron chi connectivity index (χ4n) is 2.64. The number of unbranched alkanes of at least 4 members (excludes halogenated alkanes) is 1. The van der Waals surface area contributed by atoms with Crippen molar-refractivity contribution in [3.63, 3.8) is 0 Å². The van der Waals surface area contributed by atoms with Gasteiger partial charge in [0.15, 0.2) is 0 Å². The molecular weight excluding hydrogens is 319 g/mol. The second-order valence-electron chi connectivity index (χ2n) is 5.86. The van der Waals surface area contributed by atoms with Crippen LogP contribution in [0.5, 0.6) is 0 Å². The van der Waals surface area contributed by atoms with Crippen molar-refractivity contribution < 1.29 is 17.6 Å². The van der Waals surface area contributed by atoms with Crippen LogP contribution in [0.15, 0.2) is 24.3 Å². The Labute approximate surface area is 136 Å². The summed E-state index contributed by atoms with van der Waals surface area (Å²) in [6.45, 7) is 2.65. The SMILES string of the molecule is CCCCS(=O)(=O)N1CCC[C@@H](C(=O)Nc2ccc(F)cc2)C1. The predicted octanol–water partition coefficient (Wildman–Crippen LogP) is 2.61. The monoisotopic (exact) mass is 342 g/mol. The largest absolute Gasteiger partial charge is 0.326 e. The van der Waals surface area contributed by atoms with Crippen LogP contribution in [0.1, 0.15) is 32.6 Å². The Bertz CT molecular complexity index is 631. The molecule has 5 nitrogen and oxygen atoms in total. The lowest BCUT2D eigenvalue weighted by Crippen LogP contribution is -2.44. The summed E-state index contributed by atoms with van der Waals surface area (Å²) in [6.07, 6.45) is 2.78. The minimum absolute atomic E-state index is 0.135. The fourth-order valence-corrected chi connectivity index (χ4v) is 4.37. The van der Waals surface area contributed by atoms with Crippen molar-refractivity contribution in [2.24, 2.45) is 5.92 Å². The van der Waals surface area contributed by atoms with Gasteiger partial charge in [-0.3, -0.25) is 4.79 Å². The number of nitrogens with zero attached hydrogens (tertiary/aromatic N) is 1. The number of amides is 1. The van der Waals surface area contributed by atoms with Gasteiger partial charge in [0, 0.05) is 18.8 Å². The minimum atomic E-state index is -3.29. The first kappa shape index (κ1) is 17.9. The predicted molar refractivity (Wildman–Crippen MR) is 88.0 cm³/mol. The maximum atomic E-state index is 12.9. The number of halogens is 1. The Hall–Kier alpha value is -1.47. The summed E-state index contributed by atoms with van der Waals surface area (Å²) in [5.41, 5.74) is 0.516. The van der Waals surface area contributed by atoms with Crippen LogP contribution >= 0.6 is 0 Å². The van der Waals surface area contributed by atoms with Crippen LogP contribution in [-0.4, -0.2) is 37.5 Å². The lowest BCUT2D eigenvalue weighted by Gasteiger charge is -2.31. The van der Waals surface area contributed by atoms with E-state index in [0.717, 1.165) is 6.42 Å². The van der Waals surface area contributed by atoms with Crippen LogP contribution in [0, 0.1) is 11.7 Å². The zero-order valence-electron chi connectivity index (χ0n) is 13.3. The number of rotatable bonds is 6. The Morgan fingerprint density at radius 3 is 2.70 bits per heavy atom. The Morgan fingerprint density at radius 1 is 1.35 bits per heavy atom. The lowest BCUT2D eigenvalue weighted by molar-refractivity contribution is -0.120. The Balaban J connectivity index is 1.97. The molecule has 23 heavy (non-hydrogen) atoms. The normalized spacial score (nSPS) is 19.5. The summed E-state index contributed by atoms with van der Waals surface area (Å²) >= 11 is 0. The van der Waals surface area contributed by atoms with Gasteiger partial charge in [-0.1, -0.05) is 13.3 Å². The number of nitrogens with one attached hydrogen (secondary N) is 1. The number of carbonyl (C=O) groups is 1. The molecule has 128 valence electrons. The van der Waals surface area contributed by atoms with E-state index in [-0.39, 0.29) is 29.9 Å². The molecule has 1 aromatic rings. The lowest BCUT2D eigenvalue weighted by atomic mass is 9.99. The molecule has 0 saturated carbocycles. The zero-order chi connectivity index (χ0) is 16.9. The molecule has 1 amide bonds. The van der Waals surface area contributed by atoms with Gasteiger partial charge in [0.1, 0.15) is 5.82 Å². The average molecular weight is 342 g/mol. The fraction of sp³-hybridized carbons (Fsp3) is 0.562. The van der Waals surface area contributed by atoms with Crippen molar-refractivity contribution >= 4 is 21.6 Å². The van der Waals surface area contributed by atoms with Crippen LogP contribution in [-0.2, 0) is 14.8 Å². The molecule has 1 fully saturated rings. The van der Waals surface area contributed by atoms with E-state index < -0.39 is 10.0 Å². The van der Waals surface area contributed by atoms with Gasteiger partial charge < -0.3 is 5.32 Å². The number of hydrogen-bond acceptors (Lipinski definition) is 3. The van der Waals surface area contributed by atoms with Crippen molar-refractivity contribution in [3.05, 3.63) is 30.1 Å². The van der Waals surface area contributed by atoms with Gasteiger partial charge >= 0.3 is 0 Å². The third kappa shape index (κ3) is 5.00. The van der Waals surface area contributed by atoms with E-state index in [1.165, 1.54) is 28.6 Å². The molecule has 1 saturated heterocycles. The molecule has 0 aliphatic carbocycles. The molecule has 1 heterocycles. The summed E-state index contributed by atoms with van der Waals surface area (Å²) in [6, 6.07) is 5.54. The van der Waals surface area contributed by atoms with E-state index in [2.05, 4.69) is 5.32 Å². The maximum Gasteiger partial charge on any atom is 0.228 e. The number of carbonyl (C=O) groups excluding carboxylic acids is 1. The van der Waals surface area contributed by atoms with E-state index in [1.54, 1.807) is 0 Å². The van der Waals surface area contributed by atoms with Crippen LogP contribution in [0.2, 0.25) is 0 Å². The van der Waals surface area contributed by atoms with E-state index in [1.807, 2.05) is 6.92 Å². The highest BCUT2D eigenvalue weighted by Crippen LogP contribution is 2.22. The van der Waals surface area contributed by atoms with Crippen molar-refractivity contribution in [2.75, 3.05) is 24.2 Å². The number of anilines is 1. The van der Waals surface area contributed by atoms with Crippen molar-refractivity contribution in [1.82, 2.24) is 4.31 Å². The molecule has 0 aromatic heterocycles. The molecule has 2 rings (SSSR count). The first-order chi connectivity index (χ1) is 10.9. The average Bonchev–Trinajstić information content (AvgIpc) is 2.55. The minimum Gasteiger partial charge on any atom is -0.326 e. The summed E-state index contributed by atoms with van der Waals surface area (Å²) in [5, 5.41) is 2.73. The highest BCUT2D eigenvalue weighted by molar-refractivity contribution is 7.89. The number of sulfonamides is 1. The molecule has 1 atom stereocenters. The van der Waals surface area contributed by atoms with E-state index in [0.29, 0.717) is 31.5 Å². The molecule has 0 unspecified atom stereocenters. The molecule has 1 aliphatic rings. The molecule has 1 N–H and O–H groups in total. The first-order valence-corrected chi connectivity index (χ1v) is 9.57. The van der Waals surface area contributed by atoms with Crippen LogP contribution in [0.25, 0.3) is 0 Å². The van der Waals surface area contributed by atoms with E-state index in [9.17, 15) is 17.6 Å². The quantitative estimate of drug-likeness (QED) is 0.864. The summed E-state index contributed by atoms with van der Waals surface area (Å²) in [7, 11) is -3.29. The molecule has 1 aliphatic heterocycles. The molecule has 7 heteroatoms. The Morgan fingerprint density at radius 2 is 2.04 bits per heavy atom. The van der Waals surface area contributed by atoms with E-state index in [4.69, 9.17) is 0 Å². The van der Waals surface area contributed by atoms with Gasteiger partial charge in [-0.25, -0.2) is 17.1 Å². The highest BCUT2D eigenvalue weighted by Gasteiger charge is 2.31. The molecular formula is C16H23FN2O3S. The number of piperidine rings is 1. The second-order valence-corrected chi connectivity index (χ2v) is 7.95. The maximum absolute atomic E-state index is 12.9. The summed E-state index contributed by atoms with van der Waals surface area (Å²) in [4.78, 5) is 12.3. The molecule has 1 aromatic carbocycles. The highest BCUT2D eigenvalue weighted by atomic mass is 32.2. The van der Waals surface area contributed by atoms with Gasteiger partial charge in [-0.2, -0.15) is 0 Å². The second kappa shape index (κ2) is 7.88. The molecule has 0 spiro atoms. The van der Waals surface area contributed by atoms with Gasteiger partial charge in [0.25, 0.3) is 0 Å². The number of hydrogen-bond donors (Lipinski definition) is 1. The van der Waals surface area contributed by atoms with Crippen molar-refractivity contribution in [1.29, 1.82) is 0 Å². The summed E-state index contributed by atoms with van der Waals surface area (Å²) in [5.74, 6) is -0.818. The third-order valence-corrected chi connectivity index (χ3v) is 5.94. The third-order valence-electron chi connectivity index (χ3n) is 4.02. The first-order valence-electron chi connectivity index (χ1n) is 7.96. The van der Waals surface area contributed by atoms with Gasteiger partial charge in [0.05, 0.1) is 11.7 Å². The van der Waals surface area contributed by atoms with E-state index >= 15 is 0 Å². The van der Waals surface area contributed by atoms with Gasteiger partial charge in [-0.05, 0) is 43.5 Å². The van der Waals surface area contributed by atoms with Crippen LogP contribution in [0.4, 0.5) is 10.1 Å².